The third-order valence-electron chi connectivity index (χ3n) is 7.93. The second-order valence-electron chi connectivity index (χ2n) is 10.6. The van der Waals surface area contributed by atoms with Crippen molar-refractivity contribution in [2.75, 3.05) is 49.5 Å². The van der Waals surface area contributed by atoms with Crippen LogP contribution in [0.15, 0.2) is 65.8 Å². The predicted molar refractivity (Wildman–Crippen MR) is 159 cm³/mol. The highest BCUT2D eigenvalue weighted by atomic mass is 16.2. The fourth-order valence-corrected chi connectivity index (χ4v) is 5.64. The summed E-state index contributed by atoms with van der Waals surface area (Å²) in [5.41, 5.74) is 10.9. The van der Waals surface area contributed by atoms with Gasteiger partial charge in [-0.1, -0.05) is 12.1 Å². The predicted octanol–water partition coefficient (Wildman–Crippen LogP) is 3.03. The van der Waals surface area contributed by atoms with Crippen molar-refractivity contribution in [3.63, 3.8) is 0 Å². The van der Waals surface area contributed by atoms with Crippen LogP contribution in [0.25, 0.3) is 11.3 Å². The maximum absolute atomic E-state index is 12.7. The number of rotatable bonds is 7. The number of aliphatic imine (C=N–C) groups is 1. The summed E-state index contributed by atoms with van der Waals surface area (Å²) < 4.78 is 0. The standard InChI is InChI=1S/C30H37N9O/c31-28(26-3-1-14-32-26)35-22-7-5-21(6-8-22)25-13-16-34-30(37-25)36-23-9-11-24(12-10-23)38-17-19-39(20-18-38)29(40)27-4-2-15-33-27/h5-13,16,26-27,32-33H,1-4,14-15,17-20H2,(H2,31,35)(H,34,36,37). The normalized spacial score (nSPS) is 21.6. The second kappa shape index (κ2) is 12.0. The number of hydrogen-bond donors (Lipinski definition) is 4. The molecule has 1 amide bonds. The third kappa shape index (κ3) is 6.08. The van der Waals surface area contributed by atoms with Crippen LogP contribution < -0.4 is 26.6 Å². The van der Waals surface area contributed by atoms with Crippen molar-refractivity contribution in [3.05, 3.63) is 60.8 Å². The number of nitrogens with two attached hydrogens (primary N) is 1. The summed E-state index contributed by atoms with van der Waals surface area (Å²) in [6, 6.07) is 18.3. The van der Waals surface area contributed by atoms with Gasteiger partial charge in [-0.2, -0.15) is 0 Å². The Morgan fingerprint density at radius 2 is 1.60 bits per heavy atom. The fraction of sp³-hybridized carbons (Fsp3) is 0.400. The Morgan fingerprint density at radius 1 is 0.900 bits per heavy atom. The number of nitrogens with zero attached hydrogens (tertiary/aromatic N) is 5. The zero-order chi connectivity index (χ0) is 27.3. The molecule has 10 heteroatoms. The Bertz CT molecular complexity index is 1320. The van der Waals surface area contributed by atoms with Crippen molar-refractivity contribution in [1.82, 2.24) is 25.5 Å². The lowest BCUT2D eigenvalue weighted by Crippen LogP contribution is -2.53. The molecule has 3 fully saturated rings. The zero-order valence-corrected chi connectivity index (χ0v) is 22.7. The maximum Gasteiger partial charge on any atom is 0.239 e. The van der Waals surface area contributed by atoms with Crippen LogP contribution >= 0.6 is 0 Å². The van der Waals surface area contributed by atoms with Gasteiger partial charge in [0, 0.05) is 49.3 Å². The van der Waals surface area contributed by atoms with Crippen LogP contribution in [0.1, 0.15) is 25.7 Å². The molecule has 10 nitrogen and oxygen atoms in total. The molecule has 1 aromatic heterocycles. The number of piperazine rings is 1. The molecule has 2 aromatic carbocycles. The zero-order valence-electron chi connectivity index (χ0n) is 22.7. The van der Waals surface area contributed by atoms with Crippen molar-refractivity contribution in [3.8, 4) is 11.3 Å². The summed E-state index contributed by atoms with van der Waals surface area (Å²) in [5, 5.41) is 10.0. The molecule has 4 heterocycles. The first-order valence-corrected chi connectivity index (χ1v) is 14.3. The summed E-state index contributed by atoms with van der Waals surface area (Å²) in [7, 11) is 0. The van der Waals surface area contributed by atoms with E-state index in [2.05, 4.69) is 43.0 Å². The molecule has 0 bridgehead atoms. The summed E-state index contributed by atoms with van der Waals surface area (Å²) in [6.45, 7) is 5.14. The highest BCUT2D eigenvalue weighted by molar-refractivity contribution is 5.88. The first-order chi connectivity index (χ1) is 19.6. The van der Waals surface area contributed by atoms with E-state index < -0.39 is 0 Å². The lowest BCUT2D eigenvalue weighted by molar-refractivity contribution is -0.133. The van der Waals surface area contributed by atoms with E-state index in [0.29, 0.717) is 11.8 Å². The maximum atomic E-state index is 12.7. The van der Waals surface area contributed by atoms with Gasteiger partial charge in [0.2, 0.25) is 11.9 Å². The van der Waals surface area contributed by atoms with Crippen molar-refractivity contribution in [1.29, 1.82) is 0 Å². The highest BCUT2D eigenvalue weighted by Crippen LogP contribution is 2.25. The SMILES string of the molecule is NC(=Nc1ccc(-c2ccnc(Nc3ccc(N4CCN(C(=O)C5CCCN5)CC4)cc3)n2)cc1)C1CCCN1. The van der Waals surface area contributed by atoms with E-state index in [9.17, 15) is 4.79 Å². The van der Waals surface area contributed by atoms with Crippen molar-refractivity contribution in [2.24, 2.45) is 10.7 Å². The lowest BCUT2D eigenvalue weighted by Gasteiger charge is -2.37. The second-order valence-corrected chi connectivity index (χ2v) is 10.6. The molecule has 0 saturated carbocycles. The van der Waals surface area contributed by atoms with Crippen LogP contribution in [-0.4, -0.2) is 78.0 Å². The molecular formula is C30H37N9O. The van der Waals surface area contributed by atoms with E-state index >= 15 is 0 Å². The molecule has 40 heavy (non-hydrogen) atoms. The van der Waals surface area contributed by atoms with Crippen molar-refractivity contribution in [2.45, 2.75) is 37.8 Å². The molecule has 0 spiro atoms. The largest absolute Gasteiger partial charge is 0.386 e. The molecule has 3 saturated heterocycles. The molecule has 0 radical (unpaired) electrons. The number of carbonyl (C=O) groups is 1. The Balaban J connectivity index is 1.05. The molecule has 3 aliphatic heterocycles. The first kappa shape index (κ1) is 26.2. The number of amides is 1. The van der Waals surface area contributed by atoms with Gasteiger partial charge < -0.3 is 31.5 Å². The topological polar surface area (TPSA) is 124 Å². The number of aromatic nitrogens is 2. The number of carbonyl (C=O) groups excluding carboxylic acids is 1. The van der Waals surface area contributed by atoms with Crippen LogP contribution in [0.5, 0.6) is 0 Å². The number of nitrogens with one attached hydrogen (secondary N) is 3. The van der Waals surface area contributed by atoms with Gasteiger partial charge in [-0.25, -0.2) is 15.0 Å². The molecule has 6 rings (SSSR count). The monoisotopic (exact) mass is 539 g/mol. The molecule has 3 aromatic rings. The van der Waals surface area contributed by atoms with Crippen molar-refractivity contribution < 1.29 is 4.79 Å². The fourth-order valence-electron chi connectivity index (χ4n) is 5.64. The molecule has 5 N–H and O–H groups in total. The quantitative estimate of drug-likeness (QED) is 0.267. The summed E-state index contributed by atoms with van der Waals surface area (Å²) in [4.78, 5) is 30.7. The number of benzene rings is 2. The van der Waals surface area contributed by atoms with Gasteiger partial charge in [-0.3, -0.25) is 4.79 Å². The van der Waals surface area contributed by atoms with Gasteiger partial charge in [0.1, 0.15) is 5.84 Å². The van der Waals surface area contributed by atoms with Crippen molar-refractivity contribution >= 4 is 34.8 Å². The van der Waals surface area contributed by atoms with Crippen LogP contribution in [0, 0.1) is 0 Å². The van der Waals surface area contributed by atoms with E-state index in [-0.39, 0.29) is 18.0 Å². The minimum absolute atomic E-state index is 0.00885. The van der Waals surface area contributed by atoms with Crippen LogP contribution in [0.4, 0.5) is 23.0 Å². The van der Waals surface area contributed by atoms with Gasteiger partial charge in [-0.15, -0.1) is 0 Å². The van der Waals surface area contributed by atoms with Gasteiger partial charge >= 0.3 is 0 Å². The summed E-state index contributed by atoms with van der Waals surface area (Å²) in [5.74, 6) is 1.43. The van der Waals surface area contributed by atoms with Gasteiger partial charge in [0.15, 0.2) is 0 Å². The molecule has 0 aliphatic carbocycles. The Labute approximate surface area is 235 Å². The van der Waals surface area contributed by atoms with Gasteiger partial charge in [0.25, 0.3) is 0 Å². The number of anilines is 3. The van der Waals surface area contributed by atoms with E-state index in [1.165, 1.54) is 0 Å². The van der Waals surface area contributed by atoms with Gasteiger partial charge in [-0.05, 0) is 81.2 Å². The van der Waals surface area contributed by atoms with Crippen LogP contribution in [0.2, 0.25) is 0 Å². The third-order valence-corrected chi connectivity index (χ3v) is 7.93. The Morgan fingerprint density at radius 3 is 2.27 bits per heavy atom. The first-order valence-electron chi connectivity index (χ1n) is 14.3. The van der Waals surface area contributed by atoms with E-state index in [4.69, 9.17) is 10.7 Å². The minimum Gasteiger partial charge on any atom is -0.386 e. The summed E-state index contributed by atoms with van der Waals surface area (Å²) in [6.07, 6.45) is 5.97. The number of amidine groups is 1. The lowest BCUT2D eigenvalue weighted by atomic mass is 10.1. The minimum atomic E-state index is 0.00885. The molecule has 2 unspecified atom stereocenters. The van der Waals surface area contributed by atoms with E-state index in [0.717, 1.165) is 93.3 Å². The molecular weight excluding hydrogens is 502 g/mol. The Hall–Kier alpha value is -4.02. The smallest absolute Gasteiger partial charge is 0.239 e. The van der Waals surface area contributed by atoms with E-state index in [1.54, 1.807) is 6.20 Å². The number of hydrogen-bond acceptors (Lipinski definition) is 8. The van der Waals surface area contributed by atoms with Crippen LogP contribution in [-0.2, 0) is 4.79 Å². The molecule has 3 aliphatic rings. The van der Waals surface area contributed by atoms with E-state index in [1.807, 2.05) is 47.4 Å². The highest BCUT2D eigenvalue weighted by Gasteiger charge is 2.29. The molecule has 208 valence electrons. The average Bonchev–Trinajstić information content (AvgIpc) is 3.74. The average molecular weight is 540 g/mol. The van der Waals surface area contributed by atoms with Crippen LogP contribution in [0.3, 0.4) is 0 Å². The summed E-state index contributed by atoms with van der Waals surface area (Å²) >= 11 is 0. The Kier molecular flexibility index (Phi) is 7.87. The van der Waals surface area contributed by atoms with Gasteiger partial charge in [0.05, 0.1) is 23.5 Å². The molecule has 2 atom stereocenters.